The van der Waals surface area contributed by atoms with Crippen molar-refractivity contribution in [3.05, 3.63) is 12.7 Å². The largest absolute Gasteiger partial charge is 0.333 e. The molecular weight excluding hydrogens is 176 g/mol. The first-order valence-electron chi connectivity index (χ1n) is 5.02. The van der Waals surface area contributed by atoms with Gasteiger partial charge in [0.05, 0.1) is 6.04 Å². The van der Waals surface area contributed by atoms with Crippen molar-refractivity contribution in [2.45, 2.75) is 45.7 Å². The van der Waals surface area contributed by atoms with Gasteiger partial charge in [0, 0.05) is 12.1 Å². The first kappa shape index (κ1) is 13.2. The first-order chi connectivity index (χ1) is 6.34. The molecule has 1 atom stereocenters. The van der Waals surface area contributed by atoms with Crippen LogP contribution in [0.5, 0.6) is 0 Å². The highest BCUT2D eigenvalue weighted by Crippen LogP contribution is 2.14. The predicted molar refractivity (Wildman–Crippen MR) is 59.9 cm³/mol. The smallest absolute Gasteiger partial charge is 0.240 e. The molecule has 0 aromatic carbocycles. The second kappa shape index (κ2) is 5.15. The third-order valence-corrected chi connectivity index (χ3v) is 2.14. The average molecular weight is 198 g/mol. The minimum absolute atomic E-state index is 0.0000926. The number of nitrogens with two attached hydrogens (primary N) is 1. The van der Waals surface area contributed by atoms with E-state index in [-0.39, 0.29) is 11.4 Å². The highest BCUT2D eigenvalue weighted by molar-refractivity contribution is 5.82. The summed E-state index contributed by atoms with van der Waals surface area (Å²) >= 11 is 0. The average Bonchev–Trinajstić information content (AvgIpc) is 2.09. The van der Waals surface area contributed by atoms with Crippen molar-refractivity contribution in [1.82, 2.24) is 4.90 Å². The van der Waals surface area contributed by atoms with Gasteiger partial charge in [0.2, 0.25) is 5.91 Å². The summed E-state index contributed by atoms with van der Waals surface area (Å²) in [5, 5.41) is 0. The molecule has 0 saturated carbocycles. The van der Waals surface area contributed by atoms with Crippen molar-refractivity contribution in [3.8, 4) is 0 Å². The Morgan fingerprint density at radius 2 is 2.07 bits per heavy atom. The van der Waals surface area contributed by atoms with Crippen molar-refractivity contribution in [2.24, 2.45) is 5.73 Å². The summed E-state index contributed by atoms with van der Waals surface area (Å²) in [6, 6.07) is -0.394. The Bertz CT molecular complexity index is 206. The van der Waals surface area contributed by atoms with E-state index in [1.54, 1.807) is 11.0 Å². The zero-order valence-corrected chi connectivity index (χ0v) is 9.71. The van der Waals surface area contributed by atoms with Gasteiger partial charge in [-0.2, -0.15) is 0 Å². The molecule has 82 valence electrons. The zero-order valence-electron chi connectivity index (χ0n) is 9.71. The number of amides is 1. The summed E-state index contributed by atoms with van der Waals surface area (Å²) in [5.41, 5.74) is 5.52. The molecule has 1 amide bonds. The lowest BCUT2D eigenvalue weighted by Gasteiger charge is -2.36. The molecule has 0 spiro atoms. The SMILES string of the molecule is C=CCN(C(=O)C(N)CC)C(C)(C)C. The molecule has 1 unspecified atom stereocenters. The van der Waals surface area contributed by atoms with Gasteiger partial charge in [0.1, 0.15) is 0 Å². The molecule has 0 aliphatic heterocycles. The van der Waals surface area contributed by atoms with Crippen molar-refractivity contribution >= 4 is 5.91 Å². The zero-order chi connectivity index (χ0) is 11.4. The molecule has 3 nitrogen and oxygen atoms in total. The number of carbonyl (C=O) groups excluding carboxylic acids is 1. The summed E-state index contributed by atoms with van der Waals surface area (Å²) in [6.45, 7) is 12.1. The van der Waals surface area contributed by atoms with E-state index >= 15 is 0 Å². The van der Waals surface area contributed by atoms with E-state index in [1.165, 1.54) is 0 Å². The summed E-state index contributed by atoms with van der Waals surface area (Å²) in [4.78, 5) is 13.6. The fourth-order valence-electron chi connectivity index (χ4n) is 1.20. The van der Waals surface area contributed by atoms with E-state index in [0.717, 1.165) is 0 Å². The van der Waals surface area contributed by atoms with Gasteiger partial charge in [0.25, 0.3) is 0 Å². The lowest BCUT2D eigenvalue weighted by molar-refractivity contribution is -0.136. The maximum atomic E-state index is 11.9. The Hall–Kier alpha value is -0.830. The van der Waals surface area contributed by atoms with Crippen molar-refractivity contribution < 1.29 is 4.79 Å². The van der Waals surface area contributed by atoms with Crippen LogP contribution >= 0.6 is 0 Å². The second-order valence-electron chi connectivity index (χ2n) is 4.42. The van der Waals surface area contributed by atoms with E-state index in [2.05, 4.69) is 6.58 Å². The molecule has 0 heterocycles. The molecule has 0 rings (SSSR count). The van der Waals surface area contributed by atoms with E-state index in [1.807, 2.05) is 27.7 Å². The third-order valence-electron chi connectivity index (χ3n) is 2.14. The molecule has 0 bridgehead atoms. The fourth-order valence-corrected chi connectivity index (χ4v) is 1.20. The van der Waals surface area contributed by atoms with Crippen LogP contribution in [0.3, 0.4) is 0 Å². The van der Waals surface area contributed by atoms with Gasteiger partial charge in [-0.25, -0.2) is 0 Å². The van der Waals surface area contributed by atoms with Crippen LogP contribution in [0, 0.1) is 0 Å². The Balaban J connectivity index is 4.65. The molecule has 3 heteroatoms. The Labute approximate surface area is 87.0 Å². The number of hydrogen-bond donors (Lipinski definition) is 1. The normalized spacial score (nSPS) is 13.5. The topological polar surface area (TPSA) is 46.3 Å². The van der Waals surface area contributed by atoms with Gasteiger partial charge in [-0.15, -0.1) is 6.58 Å². The summed E-state index contributed by atoms with van der Waals surface area (Å²) in [5.74, 6) is -0.0000926. The van der Waals surface area contributed by atoms with Crippen molar-refractivity contribution in [1.29, 1.82) is 0 Å². The molecule has 14 heavy (non-hydrogen) atoms. The van der Waals surface area contributed by atoms with Crippen LogP contribution in [0.25, 0.3) is 0 Å². The molecule has 0 aliphatic rings. The van der Waals surface area contributed by atoms with Crippen LogP contribution in [-0.2, 0) is 4.79 Å². The fraction of sp³-hybridized carbons (Fsp3) is 0.727. The molecule has 0 radical (unpaired) electrons. The highest BCUT2D eigenvalue weighted by atomic mass is 16.2. The summed E-state index contributed by atoms with van der Waals surface area (Å²) < 4.78 is 0. The number of hydrogen-bond acceptors (Lipinski definition) is 2. The van der Waals surface area contributed by atoms with Crippen molar-refractivity contribution in [3.63, 3.8) is 0 Å². The second-order valence-corrected chi connectivity index (χ2v) is 4.42. The standard InChI is InChI=1S/C11H22N2O/c1-6-8-13(11(3,4)5)10(14)9(12)7-2/h6,9H,1,7-8,12H2,2-5H3. The van der Waals surface area contributed by atoms with Gasteiger partial charge in [0.15, 0.2) is 0 Å². The van der Waals surface area contributed by atoms with Crippen molar-refractivity contribution in [2.75, 3.05) is 6.54 Å². The quantitative estimate of drug-likeness (QED) is 0.696. The van der Waals surface area contributed by atoms with E-state index < -0.39 is 6.04 Å². The van der Waals surface area contributed by atoms with E-state index in [9.17, 15) is 4.79 Å². The molecule has 2 N–H and O–H groups in total. The van der Waals surface area contributed by atoms with E-state index in [0.29, 0.717) is 13.0 Å². The van der Waals surface area contributed by atoms with Crippen LogP contribution in [0.4, 0.5) is 0 Å². The number of carbonyl (C=O) groups is 1. The van der Waals surface area contributed by atoms with Gasteiger partial charge in [-0.3, -0.25) is 4.79 Å². The predicted octanol–water partition coefficient (Wildman–Crippen LogP) is 1.54. The first-order valence-corrected chi connectivity index (χ1v) is 5.02. The van der Waals surface area contributed by atoms with Crippen LogP contribution in [0.1, 0.15) is 34.1 Å². The summed E-state index contributed by atoms with van der Waals surface area (Å²) in [6.07, 6.45) is 2.40. The Morgan fingerprint density at radius 3 is 2.36 bits per heavy atom. The minimum Gasteiger partial charge on any atom is -0.333 e. The Kier molecular flexibility index (Phi) is 4.85. The molecule has 0 saturated heterocycles. The highest BCUT2D eigenvalue weighted by Gasteiger charge is 2.27. The third kappa shape index (κ3) is 3.50. The Morgan fingerprint density at radius 1 is 1.57 bits per heavy atom. The lowest BCUT2D eigenvalue weighted by atomic mass is 10.0. The number of rotatable bonds is 4. The molecule has 0 aliphatic carbocycles. The maximum Gasteiger partial charge on any atom is 0.240 e. The molecule has 0 aromatic rings. The van der Waals surface area contributed by atoms with E-state index in [4.69, 9.17) is 5.73 Å². The number of nitrogens with zero attached hydrogens (tertiary/aromatic N) is 1. The van der Waals surface area contributed by atoms with Gasteiger partial charge in [-0.05, 0) is 27.2 Å². The van der Waals surface area contributed by atoms with Crippen LogP contribution < -0.4 is 5.73 Å². The summed E-state index contributed by atoms with van der Waals surface area (Å²) in [7, 11) is 0. The van der Waals surface area contributed by atoms with Gasteiger partial charge in [-0.1, -0.05) is 13.0 Å². The van der Waals surface area contributed by atoms with Gasteiger partial charge >= 0.3 is 0 Å². The van der Waals surface area contributed by atoms with Crippen LogP contribution in [0.15, 0.2) is 12.7 Å². The minimum atomic E-state index is -0.394. The van der Waals surface area contributed by atoms with Crippen LogP contribution in [0.2, 0.25) is 0 Å². The van der Waals surface area contributed by atoms with Gasteiger partial charge < -0.3 is 10.6 Å². The van der Waals surface area contributed by atoms with Crippen LogP contribution in [-0.4, -0.2) is 28.9 Å². The molecule has 0 aromatic heterocycles. The molecular formula is C11H22N2O. The molecule has 0 fully saturated rings. The maximum absolute atomic E-state index is 11.9. The lowest BCUT2D eigenvalue weighted by Crippen LogP contribution is -2.52. The monoisotopic (exact) mass is 198 g/mol.